The zero-order valence-electron chi connectivity index (χ0n) is 31.4. The van der Waals surface area contributed by atoms with Crippen LogP contribution >= 0.6 is 0 Å². The largest absolute Gasteiger partial charge is 0.310 e. The standard InChI is InChI=1S/C55H38N2/c1-5-13-38(14-6-1)42-23-29-52-46(33-42)35-47-34-43(24-30-53(47)56(52)48-19-11-4-12-20-48)41-21-27-49(28-22-41)57-54-31-25-44(39-15-7-2-8-16-39)36-50(54)51-37-45(26-32-55(51)57)40-17-9-3-10-18-40/h1-34,36-37H,35H2. The first kappa shape index (κ1) is 33.0. The number of rotatable bonds is 6. The van der Waals surface area contributed by atoms with Crippen LogP contribution in [-0.2, 0) is 6.42 Å². The number of anilines is 3. The SMILES string of the molecule is c1ccc(-c2ccc3c(c2)Cc2cc(-c4ccc(-n5c6ccc(-c7ccccc7)cc6c6cc(-c7ccccc7)ccc65)cc4)ccc2N3c2ccccc2)cc1. The van der Waals surface area contributed by atoms with Crippen molar-refractivity contribution in [3.05, 3.63) is 230 Å². The lowest BCUT2D eigenvalue weighted by Crippen LogP contribution is -2.18. The van der Waals surface area contributed by atoms with E-state index < -0.39 is 0 Å². The predicted molar refractivity (Wildman–Crippen MR) is 240 cm³/mol. The average molecular weight is 727 g/mol. The van der Waals surface area contributed by atoms with E-state index in [9.17, 15) is 0 Å². The number of fused-ring (bicyclic) bond motifs is 5. The van der Waals surface area contributed by atoms with Crippen LogP contribution in [0.1, 0.15) is 11.1 Å². The van der Waals surface area contributed by atoms with Crippen LogP contribution in [0.25, 0.3) is 72.0 Å². The van der Waals surface area contributed by atoms with Crippen LogP contribution in [0.4, 0.5) is 17.1 Å². The summed E-state index contributed by atoms with van der Waals surface area (Å²) in [5, 5.41) is 2.50. The summed E-state index contributed by atoms with van der Waals surface area (Å²) in [6, 6.07) is 79.6. The average Bonchev–Trinajstić information content (AvgIpc) is 3.62. The summed E-state index contributed by atoms with van der Waals surface area (Å²) < 4.78 is 2.42. The van der Waals surface area contributed by atoms with E-state index in [1.54, 1.807) is 0 Å². The third-order valence-corrected chi connectivity index (χ3v) is 11.6. The van der Waals surface area contributed by atoms with Crippen LogP contribution in [-0.4, -0.2) is 4.57 Å². The van der Waals surface area contributed by atoms with Gasteiger partial charge in [0.2, 0.25) is 0 Å². The number of benzene rings is 9. The summed E-state index contributed by atoms with van der Waals surface area (Å²) in [5.41, 5.74) is 19.6. The van der Waals surface area contributed by atoms with E-state index in [4.69, 9.17) is 0 Å². The lowest BCUT2D eigenvalue weighted by Gasteiger charge is -2.34. The smallest absolute Gasteiger partial charge is 0.0541 e. The molecular weight excluding hydrogens is 689 g/mol. The molecule has 0 spiro atoms. The van der Waals surface area contributed by atoms with Crippen molar-refractivity contribution in [3.8, 4) is 50.2 Å². The van der Waals surface area contributed by atoms with Crippen molar-refractivity contribution in [1.29, 1.82) is 0 Å². The molecule has 2 heteroatoms. The summed E-state index contributed by atoms with van der Waals surface area (Å²) in [7, 11) is 0. The minimum absolute atomic E-state index is 0.873. The molecule has 1 aliphatic rings. The van der Waals surface area contributed by atoms with Gasteiger partial charge in [0.25, 0.3) is 0 Å². The second-order valence-electron chi connectivity index (χ2n) is 15.0. The molecule has 11 rings (SSSR count). The first-order valence-corrected chi connectivity index (χ1v) is 19.7. The molecule has 1 aliphatic heterocycles. The van der Waals surface area contributed by atoms with E-state index >= 15 is 0 Å². The van der Waals surface area contributed by atoms with Gasteiger partial charge in [0.1, 0.15) is 0 Å². The Bertz CT molecular complexity index is 2960. The second-order valence-corrected chi connectivity index (χ2v) is 15.0. The van der Waals surface area contributed by atoms with E-state index in [1.807, 2.05) is 0 Å². The zero-order valence-corrected chi connectivity index (χ0v) is 31.4. The first-order valence-electron chi connectivity index (χ1n) is 19.7. The summed E-state index contributed by atoms with van der Waals surface area (Å²) in [6.45, 7) is 0. The number of hydrogen-bond acceptors (Lipinski definition) is 1. The highest BCUT2D eigenvalue weighted by molar-refractivity contribution is 6.11. The van der Waals surface area contributed by atoms with Crippen molar-refractivity contribution in [1.82, 2.24) is 4.57 Å². The van der Waals surface area contributed by atoms with Gasteiger partial charge < -0.3 is 9.47 Å². The van der Waals surface area contributed by atoms with Crippen LogP contribution < -0.4 is 4.90 Å². The van der Waals surface area contributed by atoms with Crippen molar-refractivity contribution in [3.63, 3.8) is 0 Å². The Morgan fingerprint density at radius 1 is 0.281 bits per heavy atom. The number of para-hydroxylation sites is 1. The Labute approximate surface area is 333 Å². The molecular formula is C55H38N2. The normalized spacial score (nSPS) is 12.1. The molecule has 268 valence electrons. The highest BCUT2D eigenvalue weighted by Gasteiger charge is 2.25. The van der Waals surface area contributed by atoms with Gasteiger partial charge in [-0.25, -0.2) is 0 Å². The summed E-state index contributed by atoms with van der Waals surface area (Å²) >= 11 is 0. The number of aromatic nitrogens is 1. The Morgan fingerprint density at radius 3 is 1.11 bits per heavy atom. The lowest BCUT2D eigenvalue weighted by molar-refractivity contribution is 1.09. The fraction of sp³-hybridized carbons (Fsp3) is 0.0182. The van der Waals surface area contributed by atoms with E-state index in [-0.39, 0.29) is 0 Å². The first-order chi connectivity index (χ1) is 28.2. The highest BCUT2D eigenvalue weighted by atomic mass is 15.2. The third-order valence-electron chi connectivity index (χ3n) is 11.6. The maximum atomic E-state index is 2.42. The maximum absolute atomic E-state index is 2.42. The topological polar surface area (TPSA) is 8.17 Å². The molecule has 1 aromatic heterocycles. The molecule has 0 unspecified atom stereocenters. The predicted octanol–water partition coefficient (Wildman–Crippen LogP) is 14.8. The Balaban J connectivity index is 0.996. The summed E-state index contributed by atoms with van der Waals surface area (Å²) in [6.07, 6.45) is 0.873. The quantitative estimate of drug-likeness (QED) is 0.166. The van der Waals surface area contributed by atoms with Gasteiger partial charge in [-0.2, -0.15) is 0 Å². The van der Waals surface area contributed by atoms with Gasteiger partial charge in [0, 0.05) is 39.9 Å². The highest BCUT2D eigenvalue weighted by Crippen LogP contribution is 2.46. The van der Waals surface area contributed by atoms with Crippen molar-refractivity contribution < 1.29 is 0 Å². The van der Waals surface area contributed by atoms with Gasteiger partial charge in [0.15, 0.2) is 0 Å². The molecule has 0 amide bonds. The fourth-order valence-electron chi connectivity index (χ4n) is 8.80. The van der Waals surface area contributed by atoms with Crippen molar-refractivity contribution in [2.24, 2.45) is 0 Å². The molecule has 0 N–H and O–H groups in total. The molecule has 2 nitrogen and oxygen atoms in total. The molecule has 0 bridgehead atoms. The molecule has 9 aromatic carbocycles. The molecule has 10 aromatic rings. The third kappa shape index (κ3) is 5.82. The van der Waals surface area contributed by atoms with Crippen LogP contribution in [0.2, 0.25) is 0 Å². The molecule has 0 saturated heterocycles. The van der Waals surface area contributed by atoms with Gasteiger partial charge >= 0.3 is 0 Å². The Kier molecular flexibility index (Phi) is 7.93. The minimum atomic E-state index is 0.873. The number of nitrogens with zero attached hydrogens (tertiary/aromatic N) is 2. The molecule has 0 saturated carbocycles. The van der Waals surface area contributed by atoms with E-state index in [2.05, 4.69) is 228 Å². The van der Waals surface area contributed by atoms with Gasteiger partial charge in [-0.1, -0.05) is 146 Å². The molecule has 0 fully saturated rings. The van der Waals surface area contributed by atoms with Crippen LogP contribution in [0.5, 0.6) is 0 Å². The Morgan fingerprint density at radius 2 is 0.649 bits per heavy atom. The molecule has 57 heavy (non-hydrogen) atoms. The summed E-state index contributed by atoms with van der Waals surface area (Å²) in [4.78, 5) is 2.42. The number of hydrogen-bond donors (Lipinski definition) is 0. The van der Waals surface area contributed by atoms with E-state index in [0.29, 0.717) is 0 Å². The molecule has 0 atom stereocenters. The molecule has 0 aliphatic carbocycles. The lowest BCUT2D eigenvalue weighted by atomic mass is 9.90. The van der Waals surface area contributed by atoms with Gasteiger partial charge in [-0.15, -0.1) is 0 Å². The summed E-state index contributed by atoms with van der Waals surface area (Å²) in [5.74, 6) is 0. The van der Waals surface area contributed by atoms with Gasteiger partial charge in [0.05, 0.1) is 11.0 Å². The van der Waals surface area contributed by atoms with Gasteiger partial charge in [-0.3, -0.25) is 0 Å². The van der Waals surface area contributed by atoms with E-state index in [0.717, 1.165) is 12.1 Å². The zero-order chi connectivity index (χ0) is 37.7. The fourth-order valence-corrected chi connectivity index (χ4v) is 8.80. The maximum Gasteiger partial charge on any atom is 0.0541 e. The molecule has 0 radical (unpaired) electrons. The van der Waals surface area contributed by atoms with E-state index in [1.165, 1.54) is 94.5 Å². The minimum Gasteiger partial charge on any atom is -0.310 e. The van der Waals surface area contributed by atoms with Crippen molar-refractivity contribution in [2.45, 2.75) is 6.42 Å². The molecule has 2 heterocycles. The monoisotopic (exact) mass is 726 g/mol. The van der Waals surface area contributed by atoms with Gasteiger partial charge in [-0.05, 0) is 128 Å². The van der Waals surface area contributed by atoms with Crippen LogP contribution in [0, 0.1) is 0 Å². The Hall–Kier alpha value is -7.42. The van der Waals surface area contributed by atoms with Crippen molar-refractivity contribution in [2.75, 3.05) is 4.90 Å². The van der Waals surface area contributed by atoms with Crippen LogP contribution in [0.3, 0.4) is 0 Å². The van der Waals surface area contributed by atoms with Crippen molar-refractivity contribution >= 4 is 38.9 Å². The second kappa shape index (κ2) is 13.7. The van der Waals surface area contributed by atoms with Crippen LogP contribution in [0.15, 0.2) is 218 Å².